The van der Waals surface area contributed by atoms with Crippen LogP contribution in [0.3, 0.4) is 0 Å². The van der Waals surface area contributed by atoms with Gasteiger partial charge < -0.3 is 9.84 Å². The molecule has 2 aromatic rings. The Hall–Kier alpha value is -2.51. The maximum atomic E-state index is 12.9. The fourth-order valence-corrected chi connectivity index (χ4v) is 5.01. The summed E-state index contributed by atoms with van der Waals surface area (Å²) < 4.78 is 36.1. The van der Waals surface area contributed by atoms with Crippen LogP contribution in [0.2, 0.25) is 0 Å². The molecular formula is C14H20N6O6S. The Morgan fingerprint density at radius 3 is 2.74 bits per heavy atom. The number of aromatic amines is 1. The summed E-state index contributed by atoms with van der Waals surface area (Å²) in [4.78, 5) is 20.4. The highest BCUT2D eigenvalue weighted by atomic mass is 32.2. The Labute approximate surface area is 154 Å². The van der Waals surface area contributed by atoms with E-state index in [1.54, 1.807) is 14.0 Å². The van der Waals surface area contributed by atoms with Crippen molar-refractivity contribution >= 4 is 16.5 Å². The van der Waals surface area contributed by atoms with Crippen LogP contribution in [0.15, 0.2) is 15.9 Å². The van der Waals surface area contributed by atoms with Gasteiger partial charge in [-0.1, -0.05) is 0 Å². The van der Waals surface area contributed by atoms with Gasteiger partial charge in [-0.15, -0.1) is 0 Å². The summed E-state index contributed by atoms with van der Waals surface area (Å²) in [5.41, 5.74) is -0.393. The number of nitrogens with one attached hydrogen (secondary N) is 1. The lowest BCUT2D eigenvalue weighted by atomic mass is 10.0. The number of nitrogens with zero attached hydrogens (tertiary/aromatic N) is 5. The molecule has 1 unspecified atom stereocenters. The molecule has 4 heterocycles. The Bertz CT molecular complexity index is 1010. The summed E-state index contributed by atoms with van der Waals surface area (Å²) in [6.45, 7) is 2.52. The van der Waals surface area contributed by atoms with E-state index in [-0.39, 0.29) is 30.2 Å². The summed E-state index contributed by atoms with van der Waals surface area (Å²) >= 11 is 0. The number of rotatable bonds is 2. The van der Waals surface area contributed by atoms with Gasteiger partial charge in [-0.05, 0) is 13.3 Å². The first-order valence-corrected chi connectivity index (χ1v) is 9.53. The average Bonchev–Trinajstić information content (AvgIpc) is 3.30. The number of sulfonamides is 1. The van der Waals surface area contributed by atoms with E-state index in [1.807, 2.05) is 0 Å². The van der Waals surface area contributed by atoms with Crippen LogP contribution >= 0.6 is 0 Å². The van der Waals surface area contributed by atoms with Crippen LogP contribution in [-0.2, 0) is 39.8 Å². The zero-order valence-electron chi connectivity index (χ0n) is 14.8. The van der Waals surface area contributed by atoms with Crippen LogP contribution in [0.25, 0.3) is 0 Å². The first kappa shape index (κ1) is 19.3. The van der Waals surface area contributed by atoms with Crippen LogP contribution < -0.4 is 5.69 Å². The number of hydrogen-bond acceptors (Lipinski definition) is 7. The summed E-state index contributed by atoms with van der Waals surface area (Å²) in [5.74, 6) is 0.537. The molecule has 0 bridgehead atoms. The van der Waals surface area contributed by atoms with Gasteiger partial charge in [-0.2, -0.15) is 14.5 Å². The number of hydrogen-bond donors (Lipinski definition) is 2. The summed E-state index contributed by atoms with van der Waals surface area (Å²) in [6, 6.07) is 0. The Morgan fingerprint density at radius 2 is 2.11 bits per heavy atom. The normalized spacial score (nSPS) is 22.3. The lowest BCUT2D eigenvalue weighted by Crippen LogP contribution is -2.47. The highest BCUT2D eigenvalue weighted by Gasteiger charge is 2.47. The minimum atomic E-state index is -3.64. The predicted molar refractivity (Wildman–Crippen MR) is 90.4 cm³/mol. The second-order valence-corrected chi connectivity index (χ2v) is 8.32. The molecule has 0 amide bonds. The van der Waals surface area contributed by atoms with Gasteiger partial charge in [-0.25, -0.2) is 18.3 Å². The maximum Gasteiger partial charge on any atom is 0.343 e. The zero-order valence-corrected chi connectivity index (χ0v) is 15.6. The molecule has 13 heteroatoms. The van der Waals surface area contributed by atoms with Crippen LogP contribution in [0, 0.1) is 6.92 Å². The van der Waals surface area contributed by atoms with E-state index in [9.17, 15) is 13.2 Å². The SMILES string of the molecule is Cc1c(S(=O)(=O)N2CCC3(C2)Cn2c(n[nH]c2=O)CO3)cnn1C.O=CO. The third kappa shape index (κ3) is 3.28. The van der Waals surface area contributed by atoms with Gasteiger partial charge in [0.05, 0.1) is 18.4 Å². The van der Waals surface area contributed by atoms with E-state index in [0.29, 0.717) is 31.0 Å². The largest absolute Gasteiger partial charge is 0.483 e. The van der Waals surface area contributed by atoms with E-state index in [1.165, 1.54) is 19.8 Å². The molecule has 1 saturated heterocycles. The van der Waals surface area contributed by atoms with Gasteiger partial charge in [0.25, 0.3) is 6.47 Å². The highest BCUT2D eigenvalue weighted by molar-refractivity contribution is 7.89. The van der Waals surface area contributed by atoms with Crippen molar-refractivity contribution in [3.8, 4) is 0 Å². The number of carbonyl (C=O) groups is 1. The molecule has 1 fully saturated rings. The van der Waals surface area contributed by atoms with Crippen molar-refractivity contribution in [2.75, 3.05) is 13.1 Å². The molecule has 12 nitrogen and oxygen atoms in total. The van der Waals surface area contributed by atoms with Crippen molar-refractivity contribution in [3.63, 3.8) is 0 Å². The zero-order chi connectivity index (χ0) is 19.8. The second-order valence-electron chi connectivity index (χ2n) is 6.41. The molecule has 0 radical (unpaired) electrons. The predicted octanol–water partition coefficient (Wildman–Crippen LogP) is -1.32. The topological polar surface area (TPSA) is 152 Å². The standard InChI is InChI=1S/C13H18N6O4S.CH2O2/c1-9-10(5-14-17(9)2)24(21,22)18-4-3-13(7-18)8-19-11(6-23-13)15-16-12(19)20;2-1-3/h5H,3-4,6-8H2,1-2H3,(H,16,20);1H,(H,2,3). The lowest BCUT2D eigenvalue weighted by Gasteiger charge is -2.33. The first-order valence-electron chi connectivity index (χ1n) is 8.09. The van der Waals surface area contributed by atoms with Gasteiger partial charge in [0.2, 0.25) is 10.0 Å². The minimum Gasteiger partial charge on any atom is -0.483 e. The fourth-order valence-electron chi connectivity index (χ4n) is 3.31. The average molecular weight is 400 g/mol. The molecule has 1 spiro atoms. The third-order valence-corrected chi connectivity index (χ3v) is 6.83. The van der Waals surface area contributed by atoms with Gasteiger partial charge in [0, 0.05) is 20.1 Å². The quantitative estimate of drug-likeness (QED) is 0.589. The van der Waals surface area contributed by atoms with E-state index in [4.69, 9.17) is 14.6 Å². The molecule has 2 N–H and O–H groups in total. The molecule has 2 aliphatic heterocycles. The Kier molecular flexibility index (Phi) is 4.92. The van der Waals surface area contributed by atoms with Crippen molar-refractivity contribution in [2.45, 2.75) is 37.0 Å². The fraction of sp³-hybridized carbons (Fsp3) is 0.571. The number of aromatic nitrogens is 5. The number of fused-ring (bicyclic) bond motifs is 1. The number of H-pyrrole nitrogens is 1. The molecule has 1 atom stereocenters. The monoisotopic (exact) mass is 400 g/mol. The van der Waals surface area contributed by atoms with E-state index >= 15 is 0 Å². The molecule has 0 aromatic carbocycles. The molecule has 148 valence electrons. The Morgan fingerprint density at radius 1 is 1.41 bits per heavy atom. The maximum absolute atomic E-state index is 12.9. The minimum absolute atomic E-state index is 0.193. The van der Waals surface area contributed by atoms with Gasteiger partial charge in [0.15, 0.2) is 5.82 Å². The van der Waals surface area contributed by atoms with E-state index in [2.05, 4.69) is 15.3 Å². The van der Waals surface area contributed by atoms with Crippen molar-refractivity contribution in [1.29, 1.82) is 0 Å². The van der Waals surface area contributed by atoms with Crippen LogP contribution in [-0.4, -0.2) is 67.5 Å². The van der Waals surface area contributed by atoms with E-state index < -0.39 is 15.6 Å². The number of aryl methyl sites for hydroxylation is 1. The van der Waals surface area contributed by atoms with Gasteiger partial charge in [-0.3, -0.25) is 14.0 Å². The van der Waals surface area contributed by atoms with Crippen LogP contribution in [0.5, 0.6) is 0 Å². The number of ether oxygens (including phenoxy) is 1. The molecule has 0 aliphatic carbocycles. The van der Waals surface area contributed by atoms with Crippen LogP contribution in [0.1, 0.15) is 17.9 Å². The van der Waals surface area contributed by atoms with Crippen molar-refractivity contribution in [2.24, 2.45) is 7.05 Å². The van der Waals surface area contributed by atoms with Gasteiger partial charge in [0.1, 0.15) is 17.1 Å². The van der Waals surface area contributed by atoms with Crippen molar-refractivity contribution in [1.82, 2.24) is 28.9 Å². The van der Waals surface area contributed by atoms with Crippen molar-refractivity contribution < 1.29 is 23.1 Å². The number of carboxylic acid groups (broad SMARTS) is 1. The first-order chi connectivity index (χ1) is 12.7. The lowest BCUT2D eigenvalue weighted by molar-refractivity contribution is -0.122. The summed E-state index contributed by atoms with van der Waals surface area (Å²) in [6.07, 6.45) is 1.90. The molecule has 2 aliphatic rings. The van der Waals surface area contributed by atoms with Gasteiger partial charge >= 0.3 is 5.69 Å². The summed E-state index contributed by atoms with van der Waals surface area (Å²) in [5, 5.41) is 17.2. The highest BCUT2D eigenvalue weighted by Crippen LogP contribution is 2.34. The molecule has 0 saturated carbocycles. The Balaban J connectivity index is 0.000000659. The summed E-state index contributed by atoms with van der Waals surface area (Å²) in [7, 11) is -1.93. The molecule has 27 heavy (non-hydrogen) atoms. The molecule has 4 rings (SSSR count). The smallest absolute Gasteiger partial charge is 0.343 e. The van der Waals surface area contributed by atoms with Crippen LogP contribution in [0.4, 0.5) is 0 Å². The van der Waals surface area contributed by atoms with E-state index in [0.717, 1.165) is 0 Å². The second kappa shape index (κ2) is 6.90. The van der Waals surface area contributed by atoms with Crippen molar-refractivity contribution in [3.05, 3.63) is 28.2 Å². The third-order valence-electron chi connectivity index (χ3n) is 4.88. The molecular weight excluding hydrogens is 380 g/mol. The molecule has 2 aromatic heterocycles.